The zero-order valence-electron chi connectivity index (χ0n) is 13.8. The Morgan fingerprint density at radius 2 is 1.96 bits per heavy atom. The lowest BCUT2D eigenvalue weighted by atomic mass is 10.0. The van der Waals surface area contributed by atoms with Crippen LogP contribution in [0, 0.1) is 0 Å². The third-order valence-corrected chi connectivity index (χ3v) is 5.05. The number of carbonyl (C=O) groups is 1. The van der Waals surface area contributed by atoms with Gasteiger partial charge >= 0.3 is 5.97 Å². The second-order valence-electron chi connectivity index (χ2n) is 5.37. The lowest BCUT2D eigenvalue weighted by Crippen LogP contribution is -2.37. The van der Waals surface area contributed by atoms with E-state index in [2.05, 4.69) is 0 Å². The molecule has 8 heteroatoms. The van der Waals surface area contributed by atoms with Crippen LogP contribution in [0.2, 0.25) is 0 Å². The minimum absolute atomic E-state index is 0.381. The molecule has 0 amide bonds. The van der Waals surface area contributed by atoms with E-state index in [0.717, 1.165) is 5.56 Å². The quantitative estimate of drug-likeness (QED) is 0.341. The summed E-state index contributed by atoms with van der Waals surface area (Å²) < 4.78 is 31.2. The molecule has 0 spiro atoms. The van der Waals surface area contributed by atoms with Gasteiger partial charge in [0.15, 0.2) is 5.72 Å². The Labute approximate surface area is 153 Å². The Balaban J connectivity index is 2.34. The molecule has 2 aromatic carbocycles. The Hall–Kier alpha value is -1.71. The van der Waals surface area contributed by atoms with Gasteiger partial charge in [0.25, 0.3) is 0 Å². The fraction of sp³-hybridized carbons (Fsp3) is 0.235. The molecule has 0 bridgehead atoms. The number of ether oxygens (including phenoxy) is 1. The molecule has 0 saturated heterocycles. The number of carbonyl (C=O) groups excluding carboxylic acids is 1. The maximum Gasteiger partial charge on any atom is 0.338 e. The molecule has 0 saturated carbocycles. The fourth-order valence-corrected chi connectivity index (χ4v) is 3.56. The fourth-order valence-electron chi connectivity index (χ4n) is 2.15. The van der Waals surface area contributed by atoms with Gasteiger partial charge in [0.2, 0.25) is 0 Å². The molecular weight excluding hydrogens is 362 g/mol. The molecule has 6 nitrogen and oxygen atoms in total. The van der Waals surface area contributed by atoms with Crippen molar-refractivity contribution in [2.45, 2.75) is 23.3 Å². The van der Waals surface area contributed by atoms with Crippen molar-refractivity contribution in [1.82, 2.24) is 0 Å². The van der Waals surface area contributed by atoms with E-state index in [9.17, 15) is 13.6 Å². The van der Waals surface area contributed by atoms with E-state index < -0.39 is 23.1 Å². The first-order chi connectivity index (χ1) is 11.8. The first kappa shape index (κ1) is 19.6. The number of thioether (sulfide) groups is 1. The van der Waals surface area contributed by atoms with Gasteiger partial charge in [-0.15, -0.1) is 11.8 Å². The summed E-state index contributed by atoms with van der Waals surface area (Å²) in [6.07, 6.45) is 0. The normalized spacial score (nSPS) is 14.6. The van der Waals surface area contributed by atoms with Gasteiger partial charge in [-0.05, 0) is 24.6 Å². The van der Waals surface area contributed by atoms with Crippen LogP contribution < -0.4 is 5.73 Å². The van der Waals surface area contributed by atoms with Crippen molar-refractivity contribution in [1.29, 1.82) is 0 Å². The molecule has 134 valence electrons. The monoisotopic (exact) mass is 380 g/mol. The molecular formula is C17H18NO5S2-. The summed E-state index contributed by atoms with van der Waals surface area (Å²) in [7, 11) is 1.30. The van der Waals surface area contributed by atoms with Crippen LogP contribution in [-0.4, -0.2) is 21.8 Å². The van der Waals surface area contributed by atoms with Gasteiger partial charge < -0.3 is 9.29 Å². The smallest absolute Gasteiger partial charge is 0.338 e. The van der Waals surface area contributed by atoms with Crippen molar-refractivity contribution in [2.24, 2.45) is 5.73 Å². The summed E-state index contributed by atoms with van der Waals surface area (Å²) in [5.74, 6) is 0.151. The van der Waals surface area contributed by atoms with Crippen molar-refractivity contribution < 1.29 is 22.5 Å². The molecule has 0 fully saturated rings. The molecule has 25 heavy (non-hydrogen) atoms. The number of hydrogen-bond donors (Lipinski definition) is 1. The number of rotatable bonds is 7. The second-order valence-corrected chi connectivity index (χ2v) is 6.96. The highest BCUT2D eigenvalue weighted by atomic mass is 32.2. The van der Waals surface area contributed by atoms with Gasteiger partial charge in [-0.2, -0.15) is 0 Å². The van der Waals surface area contributed by atoms with E-state index in [4.69, 9.17) is 14.7 Å². The van der Waals surface area contributed by atoms with Crippen molar-refractivity contribution in [3.63, 3.8) is 0 Å². The zero-order valence-corrected chi connectivity index (χ0v) is 15.4. The van der Waals surface area contributed by atoms with E-state index in [-0.39, 0.29) is 0 Å². The third-order valence-electron chi connectivity index (χ3n) is 3.44. The van der Waals surface area contributed by atoms with Gasteiger partial charge in [0.05, 0.1) is 24.0 Å². The molecule has 0 aliphatic rings. The van der Waals surface area contributed by atoms with Gasteiger partial charge in [0.1, 0.15) is 0 Å². The summed E-state index contributed by atoms with van der Waals surface area (Å²) in [6.45, 7) is 1.43. The number of methoxy groups -OCH3 is 1. The van der Waals surface area contributed by atoms with E-state index in [0.29, 0.717) is 21.8 Å². The first-order valence-electron chi connectivity index (χ1n) is 7.30. The van der Waals surface area contributed by atoms with Gasteiger partial charge in [-0.3, -0.25) is 9.92 Å². The molecule has 2 N–H and O–H groups in total. The minimum Gasteiger partial charge on any atom is -0.750 e. The van der Waals surface area contributed by atoms with Crippen molar-refractivity contribution in [3.8, 4) is 0 Å². The van der Waals surface area contributed by atoms with Crippen LogP contribution in [0.5, 0.6) is 0 Å². The van der Waals surface area contributed by atoms with Crippen LogP contribution in [0.25, 0.3) is 0 Å². The molecule has 2 atom stereocenters. The summed E-state index contributed by atoms with van der Waals surface area (Å²) in [5, 5.41) is 0. The van der Waals surface area contributed by atoms with Crippen molar-refractivity contribution in [2.75, 3.05) is 7.11 Å². The minimum atomic E-state index is -2.76. The maximum absolute atomic E-state index is 12.0. The van der Waals surface area contributed by atoms with Crippen molar-refractivity contribution >= 4 is 29.1 Å². The summed E-state index contributed by atoms with van der Waals surface area (Å²) in [5.41, 5.74) is 6.29. The first-order valence-corrected chi connectivity index (χ1v) is 9.29. The van der Waals surface area contributed by atoms with E-state index in [1.807, 2.05) is 30.3 Å². The number of nitrogens with two attached hydrogens (primary N) is 1. The Morgan fingerprint density at radius 3 is 2.56 bits per heavy atom. The zero-order chi connectivity index (χ0) is 18.4. The molecule has 0 aliphatic carbocycles. The van der Waals surface area contributed by atoms with Gasteiger partial charge in [-0.25, -0.2) is 9.00 Å². The SMILES string of the molecule is COC(=O)c1ccc(C(C)(N)OS(=O)[O-])cc1SCc1ccccc1. The average Bonchev–Trinajstić information content (AvgIpc) is 2.59. The highest BCUT2D eigenvalue weighted by molar-refractivity contribution is 7.98. The van der Waals surface area contributed by atoms with Crippen LogP contribution in [0.4, 0.5) is 0 Å². The topological polar surface area (TPSA) is 102 Å². The predicted octanol–water partition coefficient (Wildman–Crippen LogP) is 2.71. The molecule has 0 aliphatic heterocycles. The van der Waals surface area contributed by atoms with E-state index in [1.165, 1.54) is 25.8 Å². The lowest BCUT2D eigenvalue weighted by Gasteiger charge is -2.26. The molecule has 2 aromatic rings. The van der Waals surface area contributed by atoms with Crippen molar-refractivity contribution in [3.05, 3.63) is 65.2 Å². The molecule has 2 rings (SSSR count). The summed E-state index contributed by atoms with van der Waals surface area (Å²) >= 11 is -1.34. The highest BCUT2D eigenvalue weighted by Gasteiger charge is 2.25. The predicted molar refractivity (Wildman–Crippen MR) is 95.3 cm³/mol. The Bertz CT molecular complexity index is 765. The van der Waals surface area contributed by atoms with E-state index in [1.54, 1.807) is 18.2 Å². The van der Waals surface area contributed by atoms with Gasteiger partial charge in [-0.1, -0.05) is 36.4 Å². The number of esters is 1. The third kappa shape index (κ3) is 5.38. The highest BCUT2D eigenvalue weighted by Crippen LogP contribution is 2.31. The van der Waals surface area contributed by atoms with E-state index >= 15 is 0 Å². The average molecular weight is 380 g/mol. The summed E-state index contributed by atoms with van der Waals surface area (Å²) in [6, 6.07) is 14.5. The largest absolute Gasteiger partial charge is 0.750 e. The molecule has 0 aromatic heterocycles. The maximum atomic E-state index is 12.0. The summed E-state index contributed by atoms with van der Waals surface area (Å²) in [4.78, 5) is 12.6. The van der Waals surface area contributed by atoms with Crippen LogP contribution in [0.15, 0.2) is 53.4 Å². The standard InChI is InChI=1S/C17H19NO5S2/c1-17(18,23-25(20)21)13-8-9-14(16(19)22-2)15(10-13)24-11-12-6-4-3-5-7-12/h3-10H,11,18H2,1-2H3,(H,20,21)/p-1. The molecule has 0 radical (unpaired) electrons. The number of hydrogen-bond acceptors (Lipinski definition) is 7. The Morgan fingerprint density at radius 1 is 1.28 bits per heavy atom. The van der Waals surface area contributed by atoms with Crippen LogP contribution in [0.1, 0.15) is 28.4 Å². The van der Waals surface area contributed by atoms with Crippen LogP contribution in [-0.2, 0) is 31.8 Å². The van der Waals surface area contributed by atoms with Crippen LogP contribution >= 0.6 is 11.8 Å². The number of benzene rings is 2. The van der Waals surface area contributed by atoms with Gasteiger partial charge in [0, 0.05) is 16.2 Å². The molecule has 0 heterocycles. The Kier molecular flexibility index (Phi) is 6.74. The molecule has 2 unspecified atom stereocenters. The van der Waals surface area contributed by atoms with Crippen LogP contribution in [0.3, 0.4) is 0 Å². The lowest BCUT2D eigenvalue weighted by molar-refractivity contribution is 0.0595. The second kappa shape index (κ2) is 8.59.